The maximum atomic E-state index is 13.1. The lowest BCUT2D eigenvalue weighted by atomic mass is 10.1. The fraction of sp³-hybridized carbons (Fsp3) is 0.190. The van der Waals surface area contributed by atoms with Crippen LogP contribution in [0.1, 0.15) is 16.2 Å². The number of anilines is 2. The van der Waals surface area contributed by atoms with E-state index >= 15 is 0 Å². The number of allylic oxidation sites excluding steroid dienone is 1. The summed E-state index contributed by atoms with van der Waals surface area (Å²) in [5, 5.41) is 25.7. The molecular formula is C21H20N8O. The summed E-state index contributed by atoms with van der Waals surface area (Å²) in [5.74, 6) is 0.142. The van der Waals surface area contributed by atoms with E-state index in [0.717, 1.165) is 13.1 Å². The first-order chi connectivity index (χ1) is 14.8. The number of benzene rings is 2. The number of H-pyrrole nitrogens is 1. The Bertz CT molecular complexity index is 1060. The molecule has 1 aromatic heterocycles. The number of para-hydroxylation sites is 2. The number of nitriles is 1. The van der Waals surface area contributed by atoms with Crippen LogP contribution in [-0.4, -0.2) is 57.6 Å². The zero-order chi connectivity index (χ0) is 20.8. The number of hydrogen-bond donors (Lipinski definition) is 2. The van der Waals surface area contributed by atoms with E-state index in [1.165, 1.54) is 11.9 Å². The van der Waals surface area contributed by atoms with Gasteiger partial charge in [-0.1, -0.05) is 30.3 Å². The molecule has 2 heterocycles. The van der Waals surface area contributed by atoms with E-state index in [1.807, 2.05) is 41.3 Å². The molecule has 30 heavy (non-hydrogen) atoms. The van der Waals surface area contributed by atoms with Gasteiger partial charge in [0.25, 0.3) is 5.91 Å². The number of nitrogens with one attached hydrogen (secondary N) is 2. The minimum atomic E-state index is -0.0442. The van der Waals surface area contributed by atoms with E-state index in [9.17, 15) is 10.1 Å². The predicted molar refractivity (Wildman–Crippen MR) is 112 cm³/mol. The molecule has 1 amide bonds. The van der Waals surface area contributed by atoms with Gasteiger partial charge in [-0.15, -0.1) is 10.2 Å². The van der Waals surface area contributed by atoms with Gasteiger partial charge in [0, 0.05) is 38.1 Å². The fourth-order valence-corrected chi connectivity index (χ4v) is 3.35. The molecule has 0 atom stereocenters. The van der Waals surface area contributed by atoms with Crippen molar-refractivity contribution in [1.82, 2.24) is 25.5 Å². The van der Waals surface area contributed by atoms with Crippen LogP contribution in [0.5, 0.6) is 0 Å². The first-order valence-corrected chi connectivity index (χ1v) is 9.55. The molecule has 0 radical (unpaired) electrons. The topological polar surface area (TPSA) is 114 Å². The van der Waals surface area contributed by atoms with Crippen LogP contribution < -0.4 is 10.2 Å². The molecule has 0 unspecified atom stereocenters. The Morgan fingerprint density at radius 2 is 1.80 bits per heavy atom. The van der Waals surface area contributed by atoms with Gasteiger partial charge in [-0.05, 0) is 29.5 Å². The Morgan fingerprint density at radius 3 is 2.50 bits per heavy atom. The largest absolute Gasteiger partial charge is 0.368 e. The van der Waals surface area contributed by atoms with Gasteiger partial charge in [0.15, 0.2) is 0 Å². The number of carbonyl (C=O) groups excluding carboxylic acids is 1. The molecule has 1 fully saturated rings. The van der Waals surface area contributed by atoms with E-state index in [4.69, 9.17) is 0 Å². The number of aromatic nitrogens is 4. The Balaban J connectivity index is 1.46. The molecule has 0 bridgehead atoms. The van der Waals surface area contributed by atoms with Crippen LogP contribution in [0.25, 0.3) is 5.57 Å². The van der Waals surface area contributed by atoms with Gasteiger partial charge in [0.2, 0.25) is 5.82 Å². The standard InChI is InChI=1S/C21H20N8O/c22-14-16(20-24-26-27-25-20)15-23-19-9-5-4-8-18(19)21(30)29-12-10-28(11-13-29)17-6-2-1-3-7-17/h1-9,15,23H,10-13H2,(H,24,25,26,27). The third-order valence-electron chi connectivity index (χ3n) is 4.92. The molecule has 9 nitrogen and oxygen atoms in total. The van der Waals surface area contributed by atoms with Crippen molar-refractivity contribution >= 4 is 22.9 Å². The van der Waals surface area contributed by atoms with Crippen LogP contribution in [0, 0.1) is 11.3 Å². The minimum absolute atomic E-state index is 0.0442. The number of aromatic amines is 1. The van der Waals surface area contributed by atoms with Crippen LogP contribution in [0.4, 0.5) is 11.4 Å². The lowest BCUT2D eigenvalue weighted by molar-refractivity contribution is 0.0748. The number of piperazine rings is 1. The van der Waals surface area contributed by atoms with Gasteiger partial charge >= 0.3 is 0 Å². The molecule has 1 aliphatic heterocycles. The van der Waals surface area contributed by atoms with Gasteiger partial charge in [-0.2, -0.15) is 10.5 Å². The summed E-state index contributed by atoms with van der Waals surface area (Å²) in [5.41, 5.74) is 2.54. The van der Waals surface area contributed by atoms with Crippen molar-refractivity contribution in [2.45, 2.75) is 0 Å². The van der Waals surface area contributed by atoms with Gasteiger partial charge in [0.1, 0.15) is 11.6 Å². The average molecular weight is 400 g/mol. The number of amides is 1. The Labute approximate surface area is 173 Å². The second-order valence-electron chi connectivity index (χ2n) is 6.71. The average Bonchev–Trinajstić information content (AvgIpc) is 3.35. The van der Waals surface area contributed by atoms with Crippen LogP contribution in [0.15, 0.2) is 60.8 Å². The molecule has 1 saturated heterocycles. The second-order valence-corrected chi connectivity index (χ2v) is 6.71. The van der Waals surface area contributed by atoms with Crippen LogP contribution in [0.3, 0.4) is 0 Å². The number of nitrogens with zero attached hydrogens (tertiary/aromatic N) is 6. The maximum absolute atomic E-state index is 13.1. The van der Waals surface area contributed by atoms with Crippen LogP contribution >= 0.6 is 0 Å². The van der Waals surface area contributed by atoms with E-state index < -0.39 is 0 Å². The third-order valence-corrected chi connectivity index (χ3v) is 4.92. The van der Waals surface area contributed by atoms with Gasteiger partial charge in [-0.25, -0.2) is 0 Å². The van der Waals surface area contributed by atoms with Crippen LogP contribution in [0.2, 0.25) is 0 Å². The van der Waals surface area contributed by atoms with Crippen molar-refractivity contribution in [3.05, 3.63) is 72.2 Å². The summed E-state index contributed by atoms with van der Waals surface area (Å²) in [6.07, 6.45) is 1.48. The Hall–Kier alpha value is -4.19. The fourth-order valence-electron chi connectivity index (χ4n) is 3.35. The van der Waals surface area contributed by atoms with Gasteiger partial charge < -0.3 is 15.1 Å². The third kappa shape index (κ3) is 4.12. The van der Waals surface area contributed by atoms with Crippen molar-refractivity contribution in [3.63, 3.8) is 0 Å². The number of hydrogen-bond acceptors (Lipinski definition) is 7. The number of tetrazole rings is 1. The van der Waals surface area contributed by atoms with E-state index in [1.54, 1.807) is 12.1 Å². The molecule has 0 aliphatic carbocycles. The molecule has 2 aromatic carbocycles. The highest BCUT2D eigenvalue weighted by Gasteiger charge is 2.23. The molecule has 150 valence electrons. The molecule has 3 aromatic rings. The smallest absolute Gasteiger partial charge is 0.256 e. The quantitative estimate of drug-likeness (QED) is 0.631. The van der Waals surface area contributed by atoms with Crippen molar-refractivity contribution < 1.29 is 4.79 Å². The Kier molecular flexibility index (Phi) is 5.66. The molecule has 0 saturated carbocycles. The highest BCUT2D eigenvalue weighted by atomic mass is 16.2. The molecule has 4 rings (SSSR count). The summed E-state index contributed by atoms with van der Waals surface area (Å²) in [6, 6.07) is 19.5. The highest BCUT2D eigenvalue weighted by molar-refractivity contribution is 6.00. The van der Waals surface area contributed by atoms with Gasteiger partial charge in [-0.3, -0.25) is 4.79 Å². The summed E-state index contributed by atoms with van der Waals surface area (Å²) in [4.78, 5) is 17.3. The first kappa shape index (κ1) is 19.1. The monoisotopic (exact) mass is 400 g/mol. The molecule has 1 aliphatic rings. The number of carbonyl (C=O) groups is 1. The van der Waals surface area contributed by atoms with Crippen molar-refractivity contribution in [1.29, 1.82) is 5.26 Å². The predicted octanol–water partition coefficient (Wildman–Crippen LogP) is 2.14. The van der Waals surface area contributed by atoms with E-state index in [-0.39, 0.29) is 17.3 Å². The molecule has 2 N–H and O–H groups in total. The zero-order valence-electron chi connectivity index (χ0n) is 16.2. The Morgan fingerprint density at radius 1 is 1.07 bits per heavy atom. The van der Waals surface area contributed by atoms with Gasteiger partial charge in [0.05, 0.1) is 11.3 Å². The summed E-state index contributed by atoms with van der Waals surface area (Å²) >= 11 is 0. The maximum Gasteiger partial charge on any atom is 0.256 e. The van der Waals surface area contributed by atoms with Crippen LogP contribution in [-0.2, 0) is 0 Å². The zero-order valence-corrected chi connectivity index (χ0v) is 16.2. The molecule has 9 heteroatoms. The summed E-state index contributed by atoms with van der Waals surface area (Å²) < 4.78 is 0. The van der Waals surface area contributed by atoms with Crippen molar-refractivity contribution in [2.75, 3.05) is 36.4 Å². The normalized spacial score (nSPS) is 14.3. The minimum Gasteiger partial charge on any atom is -0.368 e. The van der Waals surface area contributed by atoms with E-state index in [0.29, 0.717) is 24.3 Å². The lowest BCUT2D eigenvalue weighted by Gasteiger charge is -2.36. The first-order valence-electron chi connectivity index (χ1n) is 9.55. The lowest BCUT2D eigenvalue weighted by Crippen LogP contribution is -2.48. The van der Waals surface area contributed by atoms with E-state index in [2.05, 4.69) is 43.0 Å². The van der Waals surface area contributed by atoms with Crippen molar-refractivity contribution in [3.8, 4) is 6.07 Å². The molecule has 0 spiro atoms. The highest BCUT2D eigenvalue weighted by Crippen LogP contribution is 2.21. The summed E-state index contributed by atoms with van der Waals surface area (Å²) in [6.45, 7) is 2.84. The van der Waals surface area contributed by atoms with Crippen molar-refractivity contribution in [2.24, 2.45) is 0 Å². The number of rotatable bonds is 5. The summed E-state index contributed by atoms with van der Waals surface area (Å²) in [7, 11) is 0. The molecular weight excluding hydrogens is 380 g/mol. The second kappa shape index (κ2) is 8.87. The SMILES string of the molecule is N#CC(=CNc1ccccc1C(=O)N1CCN(c2ccccc2)CC1)c1nn[nH]n1.